The minimum absolute atomic E-state index is 0.927. The van der Waals surface area contributed by atoms with Crippen LogP contribution >= 0.6 is 0 Å². The molecule has 7 aromatic carbocycles. The van der Waals surface area contributed by atoms with Gasteiger partial charge in [-0.25, -0.2) is 15.0 Å². The smallest absolute Gasteiger partial charge is 0.162 e. The highest BCUT2D eigenvalue weighted by molar-refractivity contribution is 6.08. The summed E-state index contributed by atoms with van der Waals surface area (Å²) in [5.74, 6) is 0. The molecular formula is C47H27N5. The average molecular weight is 662 g/mol. The van der Waals surface area contributed by atoms with Gasteiger partial charge in [-0.1, -0.05) is 109 Å². The number of hydrogen-bond acceptors (Lipinski definition) is 3. The lowest BCUT2D eigenvalue weighted by Crippen LogP contribution is -1.96. The first-order valence-electron chi connectivity index (χ1n) is 17.6. The second-order valence-electron chi connectivity index (χ2n) is 13.7. The van der Waals surface area contributed by atoms with Gasteiger partial charge in [0.05, 0.1) is 55.5 Å². The molecule has 0 saturated heterocycles. The maximum atomic E-state index is 5.33. The lowest BCUT2D eigenvalue weighted by Gasteiger charge is -2.09. The normalized spacial score (nSPS) is 12.2. The molecule has 0 bridgehead atoms. The maximum Gasteiger partial charge on any atom is 0.162 e. The molecule has 5 nitrogen and oxygen atoms in total. The molecule has 5 heterocycles. The summed E-state index contributed by atoms with van der Waals surface area (Å²) in [7, 11) is 0. The van der Waals surface area contributed by atoms with Gasteiger partial charge in [0.25, 0.3) is 0 Å². The molecule has 0 fully saturated rings. The number of para-hydroxylation sites is 2. The Bertz CT molecular complexity index is 3250. The standard InChI is InChI=1S/C47H27N5/c1-3-9-35-28(7-1)13-15-30-17-21-37(48-45(30)35)32-19-23-40-34(25-32)27-44-47-50-39-26-33(20-24-41(39)52(47)43-12-6-5-11-42(43)51(40)44)38-22-18-31-16-14-29-8-2-4-10-36(29)46(31)49-38/h1-27H. The first-order chi connectivity index (χ1) is 25.7. The van der Waals surface area contributed by atoms with Crippen LogP contribution in [0.15, 0.2) is 164 Å². The Labute approximate surface area is 296 Å². The first kappa shape index (κ1) is 27.7. The van der Waals surface area contributed by atoms with Crippen molar-refractivity contribution < 1.29 is 0 Å². The molecule has 0 aliphatic rings. The van der Waals surface area contributed by atoms with Crippen LogP contribution in [0.25, 0.3) is 110 Å². The molecule has 12 aromatic rings. The van der Waals surface area contributed by atoms with Crippen LogP contribution in [0.1, 0.15) is 0 Å². The predicted molar refractivity (Wildman–Crippen MR) is 215 cm³/mol. The van der Waals surface area contributed by atoms with Gasteiger partial charge in [0.1, 0.15) is 0 Å². The van der Waals surface area contributed by atoms with E-state index in [1.54, 1.807) is 0 Å². The summed E-state index contributed by atoms with van der Waals surface area (Å²) in [4.78, 5) is 15.7. The highest BCUT2D eigenvalue weighted by Gasteiger charge is 2.18. The molecule has 12 rings (SSSR count). The molecule has 5 heteroatoms. The minimum atomic E-state index is 0.927. The van der Waals surface area contributed by atoms with E-state index in [1.165, 1.54) is 16.2 Å². The van der Waals surface area contributed by atoms with E-state index in [9.17, 15) is 0 Å². The van der Waals surface area contributed by atoms with Crippen LogP contribution < -0.4 is 0 Å². The van der Waals surface area contributed by atoms with Crippen molar-refractivity contribution >= 4 is 87.5 Å². The molecule has 240 valence electrons. The Morgan fingerprint density at radius 2 is 0.865 bits per heavy atom. The van der Waals surface area contributed by atoms with E-state index >= 15 is 0 Å². The molecule has 52 heavy (non-hydrogen) atoms. The van der Waals surface area contributed by atoms with Gasteiger partial charge in [-0.3, -0.25) is 4.40 Å². The molecule has 0 unspecified atom stereocenters. The molecule has 0 amide bonds. The van der Waals surface area contributed by atoms with E-state index in [2.05, 4.69) is 173 Å². The Morgan fingerprint density at radius 3 is 1.54 bits per heavy atom. The molecule has 0 aliphatic carbocycles. The van der Waals surface area contributed by atoms with Crippen molar-refractivity contribution in [3.05, 3.63) is 164 Å². The van der Waals surface area contributed by atoms with Crippen LogP contribution in [0.3, 0.4) is 0 Å². The summed E-state index contributed by atoms with van der Waals surface area (Å²) in [6, 6.07) is 58.3. The van der Waals surface area contributed by atoms with Crippen molar-refractivity contribution in [1.29, 1.82) is 0 Å². The van der Waals surface area contributed by atoms with Crippen molar-refractivity contribution in [3.8, 4) is 22.5 Å². The van der Waals surface area contributed by atoms with Crippen molar-refractivity contribution in [2.24, 2.45) is 0 Å². The molecule has 5 aromatic heterocycles. The fraction of sp³-hybridized carbons (Fsp3) is 0. The fourth-order valence-corrected chi connectivity index (χ4v) is 8.33. The quantitative estimate of drug-likeness (QED) is 0.173. The van der Waals surface area contributed by atoms with Gasteiger partial charge in [0.2, 0.25) is 0 Å². The van der Waals surface area contributed by atoms with E-state index in [0.29, 0.717) is 0 Å². The number of benzene rings is 7. The van der Waals surface area contributed by atoms with Crippen LogP contribution in [-0.2, 0) is 0 Å². The van der Waals surface area contributed by atoms with Gasteiger partial charge >= 0.3 is 0 Å². The Balaban J connectivity index is 1.06. The summed E-state index contributed by atoms with van der Waals surface area (Å²) < 4.78 is 4.66. The summed E-state index contributed by atoms with van der Waals surface area (Å²) in [6.07, 6.45) is 0. The van der Waals surface area contributed by atoms with Crippen LogP contribution in [0.5, 0.6) is 0 Å². The zero-order valence-electron chi connectivity index (χ0n) is 27.8. The van der Waals surface area contributed by atoms with Gasteiger partial charge in [0.15, 0.2) is 5.65 Å². The van der Waals surface area contributed by atoms with Crippen LogP contribution in [0, 0.1) is 0 Å². The second kappa shape index (κ2) is 10.2. The van der Waals surface area contributed by atoms with Gasteiger partial charge in [0, 0.05) is 38.1 Å². The molecule has 0 aliphatic heterocycles. The zero-order valence-corrected chi connectivity index (χ0v) is 27.8. The number of hydrogen-bond donors (Lipinski definition) is 0. The van der Waals surface area contributed by atoms with Gasteiger partial charge in [-0.2, -0.15) is 0 Å². The molecule has 0 N–H and O–H groups in total. The van der Waals surface area contributed by atoms with Crippen LogP contribution in [-0.4, -0.2) is 23.8 Å². The van der Waals surface area contributed by atoms with E-state index < -0.39 is 0 Å². The maximum absolute atomic E-state index is 5.33. The molecule has 0 radical (unpaired) electrons. The largest absolute Gasteiger partial charge is 0.304 e. The third-order valence-electron chi connectivity index (χ3n) is 10.8. The monoisotopic (exact) mass is 661 g/mol. The van der Waals surface area contributed by atoms with E-state index in [0.717, 1.165) is 93.8 Å². The Kier molecular flexibility index (Phi) is 5.44. The highest BCUT2D eigenvalue weighted by atomic mass is 15.1. The van der Waals surface area contributed by atoms with E-state index in [-0.39, 0.29) is 0 Å². The summed E-state index contributed by atoms with van der Waals surface area (Å²) in [5, 5.41) is 8.16. The van der Waals surface area contributed by atoms with Gasteiger partial charge in [-0.15, -0.1) is 0 Å². The number of aromatic nitrogens is 5. The Hall–Kier alpha value is -7.11. The van der Waals surface area contributed by atoms with Crippen LogP contribution in [0.4, 0.5) is 0 Å². The lowest BCUT2D eigenvalue weighted by atomic mass is 10.0. The third-order valence-corrected chi connectivity index (χ3v) is 10.8. The van der Waals surface area contributed by atoms with E-state index in [1.807, 2.05) is 0 Å². The Morgan fingerprint density at radius 1 is 0.327 bits per heavy atom. The molecular weight excluding hydrogens is 635 g/mol. The zero-order chi connectivity index (χ0) is 33.9. The SMILES string of the molecule is c1ccc2c(c1)ccc1ccc(-c3ccc4c(c3)cc3c5nc6cc(-c7ccc8ccc9ccccc9c8n7)ccc6n5c5ccccc5n43)nc12. The predicted octanol–water partition coefficient (Wildman–Crippen LogP) is 11.8. The average Bonchev–Trinajstić information content (AvgIpc) is 3.79. The summed E-state index contributed by atoms with van der Waals surface area (Å²) >= 11 is 0. The van der Waals surface area contributed by atoms with Crippen molar-refractivity contribution in [3.63, 3.8) is 0 Å². The number of nitrogens with zero attached hydrogens (tertiary/aromatic N) is 5. The summed E-state index contributed by atoms with van der Waals surface area (Å²) in [5.41, 5.74) is 13.5. The second-order valence-corrected chi connectivity index (χ2v) is 13.7. The molecule has 0 atom stereocenters. The number of imidazole rings is 1. The molecule has 0 saturated carbocycles. The summed E-state index contributed by atoms with van der Waals surface area (Å²) in [6.45, 7) is 0. The first-order valence-corrected chi connectivity index (χ1v) is 17.6. The third kappa shape index (κ3) is 3.85. The van der Waals surface area contributed by atoms with Crippen molar-refractivity contribution in [1.82, 2.24) is 23.8 Å². The highest BCUT2D eigenvalue weighted by Crippen LogP contribution is 2.36. The fourth-order valence-electron chi connectivity index (χ4n) is 8.33. The topological polar surface area (TPSA) is 47.5 Å². The lowest BCUT2D eigenvalue weighted by molar-refractivity contribution is 1.23. The molecule has 0 spiro atoms. The van der Waals surface area contributed by atoms with Gasteiger partial charge in [-0.05, 0) is 65.4 Å². The number of pyridine rings is 2. The van der Waals surface area contributed by atoms with Crippen LogP contribution in [0.2, 0.25) is 0 Å². The number of rotatable bonds is 2. The van der Waals surface area contributed by atoms with Crippen molar-refractivity contribution in [2.45, 2.75) is 0 Å². The van der Waals surface area contributed by atoms with E-state index in [4.69, 9.17) is 15.0 Å². The van der Waals surface area contributed by atoms with Gasteiger partial charge < -0.3 is 4.40 Å². The minimum Gasteiger partial charge on any atom is -0.304 e. The number of fused-ring (bicyclic) bond motifs is 16. The van der Waals surface area contributed by atoms with Crippen molar-refractivity contribution in [2.75, 3.05) is 0 Å².